The lowest BCUT2D eigenvalue weighted by molar-refractivity contribution is 0.0854. The van der Waals surface area contributed by atoms with E-state index in [2.05, 4.69) is 66.4 Å². The van der Waals surface area contributed by atoms with Crippen LogP contribution in [0.15, 0.2) is 42.6 Å². The number of aryl methyl sites for hydroxylation is 2. The second-order valence-electron chi connectivity index (χ2n) is 11.5. The molecule has 0 bridgehead atoms. The molecule has 9 heteroatoms. The number of aromatic nitrogens is 2. The first-order valence-electron chi connectivity index (χ1n) is 14.7. The Balaban J connectivity index is 1.32. The molecule has 1 N–H and O–H groups in total. The first kappa shape index (κ1) is 27.5. The zero-order valence-corrected chi connectivity index (χ0v) is 24.5. The van der Waals surface area contributed by atoms with Gasteiger partial charge in [-0.15, -0.1) is 0 Å². The SMILES string of the molecule is COc1cc(C2CCN(C)CC2)ccc1Nc1ncc2c(n1)N(C1CCOCC1)C(=O)N(c1c(C)cccc1C)C2. The van der Waals surface area contributed by atoms with Crippen LogP contribution in [0.5, 0.6) is 5.75 Å². The third-order valence-corrected chi connectivity index (χ3v) is 8.76. The van der Waals surface area contributed by atoms with E-state index in [0.717, 1.165) is 72.6 Å². The Labute approximate surface area is 242 Å². The lowest BCUT2D eigenvalue weighted by atomic mass is 9.89. The van der Waals surface area contributed by atoms with Gasteiger partial charge >= 0.3 is 6.03 Å². The van der Waals surface area contributed by atoms with Gasteiger partial charge < -0.3 is 19.7 Å². The summed E-state index contributed by atoms with van der Waals surface area (Å²) in [7, 11) is 3.88. The number of urea groups is 1. The molecule has 3 aliphatic rings. The second kappa shape index (κ2) is 11.7. The lowest BCUT2D eigenvalue weighted by Gasteiger charge is -2.42. The largest absolute Gasteiger partial charge is 0.495 e. The summed E-state index contributed by atoms with van der Waals surface area (Å²) in [6.45, 7) is 8.01. The number of piperidine rings is 1. The van der Waals surface area contributed by atoms with Crippen molar-refractivity contribution in [3.8, 4) is 5.75 Å². The number of para-hydroxylation sites is 1. The predicted molar refractivity (Wildman–Crippen MR) is 162 cm³/mol. The molecular weight excluding hydrogens is 516 g/mol. The summed E-state index contributed by atoms with van der Waals surface area (Å²) < 4.78 is 11.4. The van der Waals surface area contributed by atoms with E-state index in [1.165, 1.54) is 5.56 Å². The van der Waals surface area contributed by atoms with Gasteiger partial charge in [0.2, 0.25) is 5.95 Å². The van der Waals surface area contributed by atoms with Crippen molar-refractivity contribution in [3.63, 3.8) is 0 Å². The molecule has 41 heavy (non-hydrogen) atoms. The zero-order chi connectivity index (χ0) is 28.5. The van der Waals surface area contributed by atoms with Crippen molar-refractivity contribution in [2.75, 3.05) is 55.6 Å². The van der Waals surface area contributed by atoms with Gasteiger partial charge in [0, 0.05) is 31.0 Å². The van der Waals surface area contributed by atoms with Crippen LogP contribution in [0.25, 0.3) is 0 Å². The summed E-state index contributed by atoms with van der Waals surface area (Å²) in [6, 6.07) is 12.5. The molecule has 2 saturated heterocycles. The third kappa shape index (κ3) is 5.48. The summed E-state index contributed by atoms with van der Waals surface area (Å²) in [5.41, 5.74) is 6.13. The van der Waals surface area contributed by atoms with Crippen LogP contribution in [0.3, 0.4) is 0 Å². The monoisotopic (exact) mass is 556 g/mol. The van der Waals surface area contributed by atoms with Gasteiger partial charge in [-0.1, -0.05) is 24.3 Å². The van der Waals surface area contributed by atoms with Crippen LogP contribution in [0, 0.1) is 13.8 Å². The number of fused-ring (bicyclic) bond motifs is 1. The van der Waals surface area contributed by atoms with Crippen LogP contribution >= 0.6 is 0 Å². The van der Waals surface area contributed by atoms with Gasteiger partial charge in [0.15, 0.2) is 0 Å². The third-order valence-electron chi connectivity index (χ3n) is 8.76. The second-order valence-corrected chi connectivity index (χ2v) is 11.5. The van der Waals surface area contributed by atoms with Crippen molar-refractivity contribution in [2.45, 2.75) is 58.0 Å². The van der Waals surface area contributed by atoms with Gasteiger partial charge in [0.1, 0.15) is 11.6 Å². The Morgan fingerprint density at radius 1 is 1.02 bits per heavy atom. The molecule has 0 radical (unpaired) electrons. The molecular formula is C32H40N6O3. The molecule has 0 saturated carbocycles. The number of nitrogens with zero attached hydrogens (tertiary/aromatic N) is 5. The van der Waals surface area contributed by atoms with Crippen molar-refractivity contribution in [1.29, 1.82) is 0 Å². The van der Waals surface area contributed by atoms with E-state index in [1.54, 1.807) is 7.11 Å². The van der Waals surface area contributed by atoms with Gasteiger partial charge in [-0.3, -0.25) is 9.80 Å². The highest BCUT2D eigenvalue weighted by Crippen LogP contribution is 2.38. The first-order chi connectivity index (χ1) is 19.9. The van der Waals surface area contributed by atoms with Gasteiger partial charge in [0.05, 0.1) is 25.0 Å². The summed E-state index contributed by atoms with van der Waals surface area (Å²) in [4.78, 5) is 29.9. The number of hydrogen-bond acceptors (Lipinski definition) is 7. The highest BCUT2D eigenvalue weighted by atomic mass is 16.5. The van der Waals surface area contributed by atoms with Crippen LogP contribution in [0.4, 0.5) is 27.9 Å². The Morgan fingerprint density at radius 3 is 2.46 bits per heavy atom. The number of benzene rings is 2. The fraction of sp³-hybridized carbons (Fsp3) is 0.469. The highest BCUT2D eigenvalue weighted by molar-refractivity contribution is 6.06. The summed E-state index contributed by atoms with van der Waals surface area (Å²) in [5.74, 6) is 2.41. The molecule has 216 valence electrons. The molecule has 2 amide bonds. The standard InChI is InChI=1S/C32H40N6O3/c1-21-6-5-7-22(2)29(21)37-20-25-19-33-31(35-30(25)38(32(37)39)26-12-16-41-17-13-26)34-27-9-8-24(18-28(27)40-4)23-10-14-36(3)15-11-23/h5-9,18-19,23,26H,10-17,20H2,1-4H3,(H,33,34,35). The lowest BCUT2D eigenvalue weighted by Crippen LogP contribution is -2.54. The number of carbonyl (C=O) groups is 1. The number of likely N-dealkylation sites (tertiary alicyclic amines) is 1. The smallest absolute Gasteiger partial charge is 0.330 e. The fourth-order valence-electron chi connectivity index (χ4n) is 6.44. The molecule has 4 heterocycles. The number of hydrogen-bond donors (Lipinski definition) is 1. The number of rotatable bonds is 6. The molecule has 2 aromatic carbocycles. The van der Waals surface area contributed by atoms with Crippen LogP contribution in [0.2, 0.25) is 0 Å². The van der Waals surface area contributed by atoms with Crippen LogP contribution < -0.4 is 19.9 Å². The number of carbonyl (C=O) groups excluding carboxylic acids is 1. The van der Waals surface area contributed by atoms with Crippen molar-refractivity contribution in [1.82, 2.24) is 14.9 Å². The van der Waals surface area contributed by atoms with Crippen LogP contribution in [-0.2, 0) is 11.3 Å². The van der Waals surface area contributed by atoms with Crippen molar-refractivity contribution in [2.24, 2.45) is 0 Å². The minimum Gasteiger partial charge on any atom is -0.495 e. The quantitative estimate of drug-likeness (QED) is 0.412. The molecule has 3 aliphatic heterocycles. The maximum absolute atomic E-state index is 14.2. The van der Waals surface area contributed by atoms with Gasteiger partial charge in [-0.05, 0) is 94.4 Å². The van der Waals surface area contributed by atoms with Gasteiger partial charge in [0.25, 0.3) is 0 Å². The first-order valence-corrected chi connectivity index (χ1v) is 14.7. The average molecular weight is 557 g/mol. The summed E-state index contributed by atoms with van der Waals surface area (Å²) >= 11 is 0. The molecule has 0 atom stereocenters. The number of methoxy groups -OCH3 is 1. The van der Waals surface area contributed by atoms with E-state index in [1.807, 2.05) is 22.1 Å². The molecule has 9 nitrogen and oxygen atoms in total. The predicted octanol–water partition coefficient (Wildman–Crippen LogP) is 5.78. The Kier molecular flexibility index (Phi) is 7.81. The number of nitrogens with one attached hydrogen (secondary N) is 1. The minimum absolute atomic E-state index is 0.00762. The minimum atomic E-state index is -0.0495. The summed E-state index contributed by atoms with van der Waals surface area (Å²) in [5, 5.41) is 3.38. The molecule has 2 fully saturated rings. The topological polar surface area (TPSA) is 83.1 Å². The summed E-state index contributed by atoms with van der Waals surface area (Å²) in [6.07, 6.45) is 5.68. The number of ether oxygens (including phenoxy) is 2. The Morgan fingerprint density at radius 2 is 1.76 bits per heavy atom. The van der Waals surface area contributed by atoms with Crippen molar-refractivity contribution in [3.05, 3.63) is 64.8 Å². The van der Waals surface area contributed by atoms with Crippen molar-refractivity contribution >= 4 is 29.2 Å². The molecule has 0 aliphatic carbocycles. The maximum Gasteiger partial charge on any atom is 0.330 e. The van der Waals surface area contributed by atoms with Crippen LogP contribution in [0.1, 0.15) is 53.9 Å². The number of anilines is 4. The molecule has 6 rings (SSSR count). The van der Waals surface area contributed by atoms with Crippen molar-refractivity contribution < 1.29 is 14.3 Å². The van der Waals surface area contributed by atoms with Crippen LogP contribution in [-0.4, -0.2) is 67.4 Å². The maximum atomic E-state index is 14.2. The molecule has 3 aromatic rings. The van der Waals surface area contributed by atoms with E-state index < -0.39 is 0 Å². The van der Waals surface area contributed by atoms with E-state index >= 15 is 0 Å². The molecule has 0 spiro atoms. The van der Waals surface area contributed by atoms with Gasteiger partial charge in [-0.2, -0.15) is 4.98 Å². The van der Waals surface area contributed by atoms with Gasteiger partial charge in [-0.25, -0.2) is 9.78 Å². The molecule has 1 aromatic heterocycles. The normalized spacial score (nSPS) is 18.9. The highest BCUT2D eigenvalue weighted by Gasteiger charge is 2.39. The number of amides is 2. The van der Waals surface area contributed by atoms with E-state index in [4.69, 9.17) is 14.5 Å². The zero-order valence-electron chi connectivity index (χ0n) is 24.5. The average Bonchev–Trinajstić information content (AvgIpc) is 2.98. The van der Waals surface area contributed by atoms with E-state index in [-0.39, 0.29) is 12.1 Å². The Bertz CT molecular complexity index is 1390. The molecule has 0 unspecified atom stereocenters. The fourth-order valence-corrected chi connectivity index (χ4v) is 6.44. The van der Waals surface area contributed by atoms with E-state index in [9.17, 15) is 4.79 Å². The van der Waals surface area contributed by atoms with E-state index in [0.29, 0.717) is 37.4 Å². The Hall–Kier alpha value is -3.69.